The fourth-order valence-corrected chi connectivity index (χ4v) is 3.27. The minimum atomic E-state index is 0.00218. The van der Waals surface area contributed by atoms with Gasteiger partial charge in [-0.3, -0.25) is 13.8 Å². The Morgan fingerprint density at radius 3 is 2.70 bits per heavy atom. The van der Waals surface area contributed by atoms with Crippen molar-refractivity contribution in [2.45, 2.75) is 32.2 Å². The number of imidazole rings is 1. The topological polar surface area (TPSA) is 57.6 Å². The standard InChI is InChI=1S/C17H19N5O/c1-20-16(18-12-19-20)11-21-14-9-5-6-10-15(14)22(17(21)23)13-7-3-2-4-8-13/h5-7,9-10,12H,2-4,8,11H2,1H3. The first-order valence-electron chi connectivity index (χ1n) is 7.98. The van der Waals surface area contributed by atoms with Gasteiger partial charge in [-0.15, -0.1) is 0 Å². The molecule has 6 heteroatoms. The predicted molar refractivity (Wildman–Crippen MR) is 89.0 cm³/mol. The molecule has 0 unspecified atom stereocenters. The van der Waals surface area contributed by atoms with Crippen molar-refractivity contribution in [1.82, 2.24) is 23.9 Å². The van der Waals surface area contributed by atoms with Crippen LogP contribution in [0.5, 0.6) is 0 Å². The van der Waals surface area contributed by atoms with E-state index in [1.165, 1.54) is 12.7 Å². The van der Waals surface area contributed by atoms with Crippen molar-refractivity contribution in [1.29, 1.82) is 0 Å². The second-order valence-electron chi connectivity index (χ2n) is 5.93. The molecule has 0 saturated heterocycles. The van der Waals surface area contributed by atoms with Crippen molar-refractivity contribution in [3.05, 3.63) is 53.0 Å². The normalized spacial score (nSPS) is 15.1. The van der Waals surface area contributed by atoms with E-state index in [0.29, 0.717) is 6.54 Å². The summed E-state index contributed by atoms with van der Waals surface area (Å²) in [5.41, 5.74) is 3.02. The highest BCUT2D eigenvalue weighted by Gasteiger charge is 2.18. The van der Waals surface area contributed by atoms with E-state index in [0.717, 1.165) is 41.8 Å². The van der Waals surface area contributed by atoms with Crippen LogP contribution in [0.2, 0.25) is 0 Å². The number of aromatic nitrogens is 5. The van der Waals surface area contributed by atoms with Gasteiger partial charge in [-0.1, -0.05) is 18.2 Å². The highest BCUT2D eigenvalue weighted by Crippen LogP contribution is 2.24. The minimum Gasteiger partial charge on any atom is -0.284 e. The second-order valence-corrected chi connectivity index (χ2v) is 5.93. The van der Waals surface area contributed by atoms with Gasteiger partial charge in [0.1, 0.15) is 12.2 Å². The molecule has 4 rings (SSSR count). The van der Waals surface area contributed by atoms with Crippen molar-refractivity contribution in [3.8, 4) is 0 Å². The third kappa shape index (κ3) is 2.30. The van der Waals surface area contributed by atoms with Crippen LogP contribution in [0.3, 0.4) is 0 Å². The zero-order chi connectivity index (χ0) is 15.8. The number of benzene rings is 1. The summed E-state index contributed by atoms with van der Waals surface area (Å²) >= 11 is 0. The van der Waals surface area contributed by atoms with E-state index in [-0.39, 0.29) is 5.69 Å². The molecule has 3 aromatic rings. The maximum atomic E-state index is 13.1. The van der Waals surface area contributed by atoms with Crippen LogP contribution in [-0.4, -0.2) is 23.9 Å². The van der Waals surface area contributed by atoms with Crippen LogP contribution in [-0.2, 0) is 13.6 Å². The fraction of sp³-hybridized carbons (Fsp3) is 0.353. The average Bonchev–Trinajstić information content (AvgIpc) is 3.11. The molecule has 1 aliphatic rings. The third-order valence-electron chi connectivity index (χ3n) is 4.49. The molecule has 0 bridgehead atoms. The molecule has 0 radical (unpaired) electrons. The van der Waals surface area contributed by atoms with E-state index in [4.69, 9.17) is 0 Å². The number of hydrogen-bond acceptors (Lipinski definition) is 3. The van der Waals surface area contributed by atoms with Gasteiger partial charge >= 0.3 is 5.69 Å². The number of rotatable bonds is 3. The first kappa shape index (κ1) is 14.0. The quantitative estimate of drug-likeness (QED) is 0.746. The van der Waals surface area contributed by atoms with Crippen LogP contribution < -0.4 is 5.69 Å². The Labute approximate surface area is 133 Å². The number of aryl methyl sites for hydroxylation is 1. The summed E-state index contributed by atoms with van der Waals surface area (Å²) in [4.78, 5) is 17.3. The third-order valence-corrected chi connectivity index (χ3v) is 4.49. The molecule has 0 N–H and O–H groups in total. The summed E-state index contributed by atoms with van der Waals surface area (Å²) in [5.74, 6) is 0.771. The van der Waals surface area contributed by atoms with Crippen LogP contribution in [0.1, 0.15) is 31.5 Å². The fourth-order valence-electron chi connectivity index (χ4n) is 3.27. The first-order valence-corrected chi connectivity index (χ1v) is 7.98. The Morgan fingerprint density at radius 1 is 1.17 bits per heavy atom. The Hall–Kier alpha value is -2.63. The number of hydrogen-bond donors (Lipinski definition) is 0. The maximum Gasteiger partial charge on any atom is 0.333 e. The van der Waals surface area contributed by atoms with Crippen LogP contribution >= 0.6 is 0 Å². The summed E-state index contributed by atoms with van der Waals surface area (Å²) in [5, 5.41) is 4.09. The highest BCUT2D eigenvalue weighted by molar-refractivity contribution is 5.80. The molecule has 118 valence electrons. The number of nitrogens with zero attached hydrogens (tertiary/aromatic N) is 5. The summed E-state index contributed by atoms with van der Waals surface area (Å²) < 4.78 is 5.36. The molecule has 0 amide bonds. The molecule has 23 heavy (non-hydrogen) atoms. The lowest BCUT2D eigenvalue weighted by atomic mass is 10.0. The van der Waals surface area contributed by atoms with Gasteiger partial charge in [-0.2, -0.15) is 5.10 Å². The van der Waals surface area contributed by atoms with E-state index >= 15 is 0 Å². The molecule has 6 nitrogen and oxygen atoms in total. The van der Waals surface area contributed by atoms with Gasteiger partial charge in [0, 0.05) is 12.7 Å². The van der Waals surface area contributed by atoms with Crippen LogP contribution in [0, 0.1) is 0 Å². The zero-order valence-electron chi connectivity index (χ0n) is 13.1. The van der Waals surface area contributed by atoms with Crippen molar-refractivity contribution in [3.63, 3.8) is 0 Å². The Morgan fingerprint density at radius 2 is 2.00 bits per heavy atom. The van der Waals surface area contributed by atoms with Crippen molar-refractivity contribution >= 4 is 16.7 Å². The van der Waals surface area contributed by atoms with Gasteiger partial charge in [0.15, 0.2) is 0 Å². The molecule has 0 atom stereocenters. The van der Waals surface area contributed by atoms with Gasteiger partial charge in [-0.25, -0.2) is 9.78 Å². The summed E-state index contributed by atoms with van der Waals surface area (Å²) in [6.07, 6.45) is 8.06. The van der Waals surface area contributed by atoms with Crippen LogP contribution in [0.4, 0.5) is 0 Å². The number of para-hydroxylation sites is 2. The SMILES string of the molecule is Cn1ncnc1Cn1c(=O)n(C2=CCCCC2)c2ccccc21. The van der Waals surface area contributed by atoms with E-state index < -0.39 is 0 Å². The molecular formula is C17H19N5O. The van der Waals surface area contributed by atoms with Gasteiger partial charge in [0.05, 0.1) is 17.6 Å². The lowest BCUT2D eigenvalue weighted by molar-refractivity contribution is 0.643. The van der Waals surface area contributed by atoms with E-state index in [9.17, 15) is 4.79 Å². The molecule has 0 fully saturated rings. The summed E-state index contributed by atoms with van der Waals surface area (Å²) in [7, 11) is 1.84. The van der Waals surface area contributed by atoms with Gasteiger partial charge in [0.25, 0.3) is 0 Å². The highest BCUT2D eigenvalue weighted by atomic mass is 16.1. The Bertz CT molecular complexity index is 943. The molecule has 0 spiro atoms. The van der Waals surface area contributed by atoms with Gasteiger partial charge < -0.3 is 0 Å². The minimum absolute atomic E-state index is 0.00218. The molecular weight excluding hydrogens is 290 g/mol. The van der Waals surface area contributed by atoms with Gasteiger partial charge in [0.2, 0.25) is 0 Å². The second kappa shape index (κ2) is 5.53. The first-order chi connectivity index (χ1) is 11.3. The van der Waals surface area contributed by atoms with E-state index in [1.807, 2.05) is 35.9 Å². The number of allylic oxidation sites excluding steroid dienone is 2. The largest absolute Gasteiger partial charge is 0.333 e. The van der Waals surface area contributed by atoms with Crippen molar-refractivity contribution < 1.29 is 0 Å². The van der Waals surface area contributed by atoms with Crippen LogP contribution in [0.15, 0.2) is 41.5 Å². The van der Waals surface area contributed by atoms with Crippen LogP contribution in [0.25, 0.3) is 16.7 Å². The summed E-state index contributed by atoms with van der Waals surface area (Å²) in [6, 6.07) is 7.95. The number of fused-ring (bicyclic) bond motifs is 1. The van der Waals surface area contributed by atoms with Gasteiger partial charge in [-0.05, 0) is 37.8 Å². The molecule has 2 aromatic heterocycles. The monoisotopic (exact) mass is 309 g/mol. The summed E-state index contributed by atoms with van der Waals surface area (Å²) in [6.45, 7) is 0.427. The maximum absolute atomic E-state index is 13.1. The predicted octanol–water partition coefficient (Wildman–Crippen LogP) is 2.39. The smallest absolute Gasteiger partial charge is 0.284 e. The zero-order valence-corrected chi connectivity index (χ0v) is 13.1. The molecule has 0 aliphatic heterocycles. The molecule has 2 heterocycles. The molecule has 0 saturated carbocycles. The lowest BCUT2D eigenvalue weighted by Crippen LogP contribution is -2.25. The molecule has 1 aromatic carbocycles. The lowest BCUT2D eigenvalue weighted by Gasteiger charge is -2.13. The average molecular weight is 309 g/mol. The van der Waals surface area contributed by atoms with Crippen molar-refractivity contribution in [2.75, 3.05) is 0 Å². The Balaban J connectivity index is 1.91. The van der Waals surface area contributed by atoms with Crippen molar-refractivity contribution in [2.24, 2.45) is 7.05 Å². The van der Waals surface area contributed by atoms with E-state index in [2.05, 4.69) is 16.2 Å². The van der Waals surface area contributed by atoms with E-state index in [1.54, 1.807) is 9.25 Å². The Kier molecular flexibility index (Phi) is 3.37. The molecule has 1 aliphatic carbocycles.